The topological polar surface area (TPSA) is 64.4 Å². The lowest BCUT2D eigenvalue weighted by Gasteiger charge is -2.08. The molecule has 0 atom stereocenters. The van der Waals surface area contributed by atoms with Crippen molar-refractivity contribution in [3.8, 4) is 0 Å². The van der Waals surface area contributed by atoms with E-state index in [1.54, 1.807) is 12.1 Å². The van der Waals surface area contributed by atoms with Gasteiger partial charge in [-0.25, -0.2) is 0 Å². The Kier molecular flexibility index (Phi) is 6.29. The lowest BCUT2D eigenvalue weighted by atomic mass is 10.1. The molecule has 0 saturated carbocycles. The normalized spacial score (nSPS) is 10.7. The van der Waals surface area contributed by atoms with Crippen LogP contribution in [0.25, 0.3) is 0 Å². The third-order valence-corrected chi connectivity index (χ3v) is 2.73. The fraction of sp³-hybridized carbons (Fsp3) is 0.571. The predicted molar refractivity (Wildman–Crippen MR) is 76.4 cm³/mol. The summed E-state index contributed by atoms with van der Waals surface area (Å²) in [5, 5.41) is 14.0. The maximum absolute atomic E-state index is 11.0. The Bertz CT molecular complexity index is 419. The molecular formula is C14H22N2O3. The van der Waals surface area contributed by atoms with E-state index in [-0.39, 0.29) is 10.6 Å². The molecule has 0 amide bonds. The number of anilines is 1. The Morgan fingerprint density at radius 2 is 2.16 bits per heavy atom. The zero-order valence-electron chi connectivity index (χ0n) is 11.8. The Labute approximate surface area is 114 Å². The molecule has 5 nitrogen and oxygen atoms in total. The third-order valence-electron chi connectivity index (χ3n) is 2.73. The van der Waals surface area contributed by atoms with Gasteiger partial charge in [0.1, 0.15) is 5.69 Å². The number of nitrogens with zero attached hydrogens (tertiary/aromatic N) is 1. The first-order valence-electron chi connectivity index (χ1n) is 6.63. The van der Waals surface area contributed by atoms with Crippen molar-refractivity contribution in [1.29, 1.82) is 0 Å². The summed E-state index contributed by atoms with van der Waals surface area (Å²) in [7, 11) is 0. The first kappa shape index (κ1) is 15.4. The Balaban J connectivity index is 2.65. The van der Waals surface area contributed by atoms with E-state index in [0.29, 0.717) is 31.4 Å². The van der Waals surface area contributed by atoms with Crippen LogP contribution in [0, 0.1) is 16.0 Å². The van der Waals surface area contributed by atoms with Crippen LogP contribution in [-0.2, 0) is 11.3 Å². The number of nitro groups is 1. The molecule has 106 valence electrons. The van der Waals surface area contributed by atoms with Gasteiger partial charge in [-0.05, 0) is 30.9 Å². The minimum absolute atomic E-state index is 0.104. The Hall–Kier alpha value is -1.62. The van der Waals surface area contributed by atoms with Crippen molar-refractivity contribution in [1.82, 2.24) is 0 Å². The number of nitro benzene ring substituents is 1. The highest BCUT2D eigenvalue weighted by atomic mass is 16.6. The van der Waals surface area contributed by atoms with Crippen LogP contribution in [0.3, 0.4) is 0 Å². The summed E-state index contributed by atoms with van der Waals surface area (Å²) in [5.41, 5.74) is 1.49. The van der Waals surface area contributed by atoms with Gasteiger partial charge in [-0.2, -0.15) is 0 Å². The van der Waals surface area contributed by atoms with Crippen molar-refractivity contribution in [2.75, 3.05) is 18.5 Å². The zero-order valence-corrected chi connectivity index (χ0v) is 11.8. The van der Waals surface area contributed by atoms with Gasteiger partial charge in [-0.3, -0.25) is 10.1 Å². The van der Waals surface area contributed by atoms with Crippen LogP contribution >= 0.6 is 0 Å². The quantitative estimate of drug-likeness (QED) is 0.443. The van der Waals surface area contributed by atoms with E-state index in [1.807, 2.05) is 13.0 Å². The van der Waals surface area contributed by atoms with Gasteiger partial charge in [-0.1, -0.05) is 19.9 Å². The number of hydrogen-bond acceptors (Lipinski definition) is 4. The second-order valence-electron chi connectivity index (χ2n) is 4.87. The van der Waals surface area contributed by atoms with E-state index in [9.17, 15) is 10.1 Å². The van der Waals surface area contributed by atoms with Gasteiger partial charge >= 0.3 is 0 Å². The molecule has 0 aromatic heterocycles. The van der Waals surface area contributed by atoms with Gasteiger partial charge in [0, 0.05) is 19.2 Å². The van der Waals surface area contributed by atoms with Gasteiger partial charge in [0.25, 0.3) is 5.69 Å². The average molecular weight is 266 g/mol. The first-order valence-corrected chi connectivity index (χ1v) is 6.63. The summed E-state index contributed by atoms with van der Waals surface area (Å²) < 4.78 is 5.52. The van der Waals surface area contributed by atoms with Crippen molar-refractivity contribution >= 4 is 11.4 Å². The molecule has 0 bridgehead atoms. The SMILES string of the molecule is CCNc1ccc(COCCC(C)C)cc1[N+](=O)[O-]. The summed E-state index contributed by atoms with van der Waals surface area (Å²) in [4.78, 5) is 10.6. The summed E-state index contributed by atoms with van der Waals surface area (Å²) in [6.07, 6.45) is 0.998. The van der Waals surface area contributed by atoms with E-state index >= 15 is 0 Å². The smallest absolute Gasteiger partial charge is 0.292 e. The second kappa shape index (κ2) is 7.74. The molecule has 0 aliphatic rings. The van der Waals surface area contributed by atoms with E-state index in [1.165, 1.54) is 0 Å². The van der Waals surface area contributed by atoms with Crippen LogP contribution in [-0.4, -0.2) is 18.1 Å². The zero-order chi connectivity index (χ0) is 14.3. The number of ether oxygens (including phenoxy) is 1. The monoisotopic (exact) mass is 266 g/mol. The highest BCUT2D eigenvalue weighted by molar-refractivity contribution is 5.62. The average Bonchev–Trinajstić information content (AvgIpc) is 2.36. The van der Waals surface area contributed by atoms with Crippen molar-refractivity contribution in [2.45, 2.75) is 33.8 Å². The molecule has 5 heteroatoms. The Morgan fingerprint density at radius 3 is 2.74 bits per heavy atom. The van der Waals surface area contributed by atoms with Crippen molar-refractivity contribution in [2.24, 2.45) is 5.92 Å². The standard InChI is InChI=1S/C14H22N2O3/c1-4-15-13-6-5-12(9-14(13)16(17)18)10-19-8-7-11(2)3/h5-6,9,11,15H,4,7-8,10H2,1-3H3. The van der Waals surface area contributed by atoms with Crippen LogP contribution < -0.4 is 5.32 Å². The minimum Gasteiger partial charge on any atom is -0.380 e. The van der Waals surface area contributed by atoms with E-state index in [4.69, 9.17) is 4.74 Å². The van der Waals surface area contributed by atoms with Crippen molar-refractivity contribution < 1.29 is 9.66 Å². The highest BCUT2D eigenvalue weighted by Gasteiger charge is 2.13. The molecule has 0 saturated heterocycles. The summed E-state index contributed by atoms with van der Waals surface area (Å²) in [6.45, 7) is 7.94. The van der Waals surface area contributed by atoms with Gasteiger partial charge in [0.15, 0.2) is 0 Å². The van der Waals surface area contributed by atoms with Gasteiger partial charge < -0.3 is 10.1 Å². The fourth-order valence-corrected chi connectivity index (χ4v) is 1.67. The van der Waals surface area contributed by atoms with Crippen LogP contribution in [0.5, 0.6) is 0 Å². The van der Waals surface area contributed by atoms with Crippen LogP contribution in [0.1, 0.15) is 32.8 Å². The minimum atomic E-state index is -0.365. The summed E-state index contributed by atoms with van der Waals surface area (Å²) >= 11 is 0. The molecule has 1 aromatic carbocycles. The van der Waals surface area contributed by atoms with E-state index in [0.717, 1.165) is 12.0 Å². The maximum atomic E-state index is 11.0. The van der Waals surface area contributed by atoms with Gasteiger partial charge in [0.05, 0.1) is 11.5 Å². The lowest BCUT2D eigenvalue weighted by molar-refractivity contribution is -0.384. The highest BCUT2D eigenvalue weighted by Crippen LogP contribution is 2.25. The Morgan fingerprint density at radius 1 is 1.42 bits per heavy atom. The first-order chi connectivity index (χ1) is 9.04. The van der Waals surface area contributed by atoms with Crippen LogP contribution in [0.15, 0.2) is 18.2 Å². The molecule has 1 rings (SSSR count). The molecule has 0 unspecified atom stereocenters. The molecule has 0 heterocycles. The molecule has 19 heavy (non-hydrogen) atoms. The maximum Gasteiger partial charge on any atom is 0.292 e. The molecule has 1 aromatic rings. The largest absolute Gasteiger partial charge is 0.380 e. The van der Waals surface area contributed by atoms with Gasteiger partial charge in [-0.15, -0.1) is 0 Å². The third kappa shape index (κ3) is 5.26. The van der Waals surface area contributed by atoms with Crippen molar-refractivity contribution in [3.63, 3.8) is 0 Å². The number of benzene rings is 1. The molecule has 0 aliphatic carbocycles. The number of hydrogen-bond donors (Lipinski definition) is 1. The lowest BCUT2D eigenvalue weighted by Crippen LogP contribution is -2.03. The van der Waals surface area contributed by atoms with Gasteiger partial charge in [0.2, 0.25) is 0 Å². The predicted octanol–water partition coefficient (Wildman–Crippen LogP) is 3.59. The molecule has 0 fully saturated rings. The van der Waals surface area contributed by atoms with Crippen LogP contribution in [0.4, 0.5) is 11.4 Å². The van der Waals surface area contributed by atoms with E-state index < -0.39 is 0 Å². The molecule has 1 N–H and O–H groups in total. The number of rotatable bonds is 8. The summed E-state index contributed by atoms with van der Waals surface area (Å²) in [6, 6.07) is 5.18. The number of nitrogens with one attached hydrogen (secondary N) is 1. The van der Waals surface area contributed by atoms with E-state index in [2.05, 4.69) is 19.2 Å². The molecule has 0 spiro atoms. The molecule has 0 aliphatic heterocycles. The van der Waals surface area contributed by atoms with Crippen LogP contribution in [0.2, 0.25) is 0 Å². The fourth-order valence-electron chi connectivity index (χ4n) is 1.67. The second-order valence-corrected chi connectivity index (χ2v) is 4.87. The molecular weight excluding hydrogens is 244 g/mol. The molecule has 0 radical (unpaired) electrons. The van der Waals surface area contributed by atoms with Crippen molar-refractivity contribution in [3.05, 3.63) is 33.9 Å². The summed E-state index contributed by atoms with van der Waals surface area (Å²) in [5.74, 6) is 0.602.